The molecule has 0 saturated carbocycles. The van der Waals surface area contributed by atoms with Crippen LogP contribution in [-0.2, 0) is 4.79 Å². The molecule has 2 amide bonds. The molecule has 1 heterocycles. The van der Waals surface area contributed by atoms with E-state index in [1.165, 1.54) is 17.4 Å². The van der Waals surface area contributed by atoms with Crippen molar-refractivity contribution in [2.24, 2.45) is 0 Å². The Balaban J connectivity index is 1.55. The Morgan fingerprint density at radius 3 is 2.24 bits per heavy atom. The van der Waals surface area contributed by atoms with Crippen LogP contribution in [0.2, 0.25) is 0 Å². The summed E-state index contributed by atoms with van der Waals surface area (Å²) in [5.74, 6) is -2.06. The number of aryl methyl sites for hydroxylation is 4. The molecule has 1 atom stereocenters. The Hall–Kier alpha value is -4.30. The summed E-state index contributed by atoms with van der Waals surface area (Å²) in [6, 6.07) is 17.1. The molecule has 1 unspecified atom stereocenters. The molecule has 0 aliphatic heterocycles. The normalized spacial score (nSPS) is 12.3. The number of nitrogens with one attached hydrogen (secondary N) is 2. The van der Waals surface area contributed by atoms with Crippen molar-refractivity contribution >= 4 is 46.0 Å². The third-order valence-corrected chi connectivity index (χ3v) is 7.37. The topological polar surface area (TPSA) is 108 Å². The van der Waals surface area contributed by atoms with Crippen molar-refractivity contribution in [1.82, 2.24) is 15.6 Å². The molecule has 3 aromatic carbocycles. The molecule has 4 aromatic rings. The van der Waals surface area contributed by atoms with Crippen molar-refractivity contribution in [1.29, 1.82) is 0 Å². The highest BCUT2D eigenvalue weighted by atomic mass is 32.1. The average molecular weight is 528 g/mol. The minimum atomic E-state index is -1.25. The van der Waals surface area contributed by atoms with Crippen LogP contribution in [0.25, 0.3) is 16.8 Å². The summed E-state index contributed by atoms with van der Waals surface area (Å²) < 4.78 is 0. The molecular formula is C30H29N3O4S. The van der Waals surface area contributed by atoms with Gasteiger partial charge in [0.25, 0.3) is 11.8 Å². The predicted molar refractivity (Wildman–Crippen MR) is 150 cm³/mol. The number of nitrogens with zero attached hydrogens (tertiary/aromatic N) is 1. The van der Waals surface area contributed by atoms with Gasteiger partial charge in [-0.1, -0.05) is 42.5 Å². The van der Waals surface area contributed by atoms with Gasteiger partial charge in [-0.25, -0.2) is 9.78 Å². The number of benzene rings is 3. The molecule has 0 spiro atoms. The molecule has 7 nitrogen and oxygen atoms in total. The van der Waals surface area contributed by atoms with Gasteiger partial charge >= 0.3 is 5.97 Å². The number of aromatic nitrogens is 1. The molecule has 4 rings (SSSR count). The van der Waals surface area contributed by atoms with Gasteiger partial charge in [0.2, 0.25) is 0 Å². The Morgan fingerprint density at radius 2 is 1.61 bits per heavy atom. The van der Waals surface area contributed by atoms with Crippen LogP contribution in [0.1, 0.15) is 66.0 Å². The number of amides is 2. The fourth-order valence-electron chi connectivity index (χ4n) is 4.59. The molecule has 0 fully saturated rings. The standard InChI is InChI=1S/C30H29N3O4S/c1-16-13-22(28(34)32-18(3)23-12-8-10-21-9-6-7-11-24(21)23)14-17(2)27(16)29(35)33-25(30(36)37)15-26-19(4)31-20(5)38-26/h6-15,18H,1-5H3,(H,32,34)(H,33,35)(H,36,37). The monoisotopic (exact) mass is 527 g/mol. The van der Waals surface area contributed by atoms with Crippen molar-refractivity contribution in [3.8, 4) is 0 Å². The van der Waals surface area contributed by atoms with Gasteiger partial charge in [-0.2, -0.15) is 0 Å². The molecule has 8 heteroatoms. The Morgan fingerprint density at radius 1 is 0.947 bits per heavy atom. The van der Waals surface area contributed by atoms with Crippen LogP contribution in [0, 0.1) is 27.7 Å². The number of rotatable bonds is 7. The van der Waals surface area contributed by atoms with Crippen LogP contribution in [0.3, 0.4) is 0 Å². The van der Waals surface area contributed by atoms with E-state index in [-0.39, 0.29) is 17.6 Å². The number of carbonyl (C=O) groups is 3. The van der Waals surface area contributed by atoms with Crippen LogP contribution in [-0.4, -0.2) is 27.9 Å². The van der Waals surface area contributed by atoms with Crippen LogP contribution in [0.15, 0.2) is 60.3 Å². The minimum absolute atomic E-state index is 0.237. The summed E-state index contributed by atoms with van der Waals surface area (Å²) in [4.78, 5) is 43.1. The smallest absolute Gasteiger partial charge is 0.352 e. The Bertz CT molecular complexity index is 1570. The molecule has 194 valence electrons. The van der Waals surface area contributed by atoms with E-state index in [9.17, 15) is 19.5 Å². The molecule has 0 aliphatic rings. The number of thiazole rings is 1. The van der Waals surface area contributed by atoms with E-state index in [0.717, 1.165) is 21.3 Å². The second-order valence-electron chi connectivity index (χ2n) is 9.25. The first-order valence-corrected chi connectivity index (χ1v) is 13.0. The molecular weight excluding hydrogens is 498 g/mol. The van der Waals surface area contributed by atoms with Gasteiger partial charge in [0.15, 0.2) is 0 Å². The predicted octanol–water partition coefficient (Wildman–Crippen LogP) is 5.88. The molecule has 1 aromatic heterocycles. The van der Waals surface area contributed by atoms with Crippen LogP contribution >= 0.6 is 11.3 Å². The third kappa shape index (κ3) is 5.65. The minimum Gasteiger partial charge on any atom is -0.477 e. The molecule has 3 N–H and O–H groups in total. The molecule has 0 radical (unpaired) electrons. The van der Waals surface area contributed by atoms with E-state index < -0.39 is 11.9 Å². The first-order valence-electron chi connectivity index (χ1n) is 12.1. The zero-order valence-electron chi connectivity index (χ0n) is 21.9. The van der Waals surface area contributed by atoms with E-state index in [0.29, 0.717) is 32.8 Å². The maximum atomic E-state index is 13.2. The maximum absolute atomic E-state index is 13.2. The van der Waals surface area contributed by atoms with E-state index in [1.54, 1.807) is 32.9 Å². The van der Waals surface area contributed by atoms with E-state index in [1.807, 2.05) is 56.3 Å². The van der Waals surface area contributed by atoms with Gasteiger partial charge in [0.05, 0.1) is 21.6 Å². The number of carboxylic acid groups (broad SMARTS) is 1. The highest BCUT2D eigenvalue weighted by Gasteiger charge is 2.21. The lowest BCUT2D eigenvalue weighted by atomic mass is 9.97. The highest BCUT2D eigenvalue weighted by Crippen LogP contribution is 2.25. The van der Waals surface area contributed by atoms with Gasteiger partial charge in [-0.3, -0.25) is 9.59 Å². The van der Waals surface area contributed by atoms with Gasteiger partial charge < -0.3 is 15.7 Å². The molecule has 0 aliphatic carbocycles. The largest absolute Gasteiger partial charge is 0.477 e. The van der Waals surface area contributed by atoms with E-state index in [2.05, 4.69) is 15.6 Å². The molecule has 0 saturated heterocycles. The zero-order chi connectivity index (χ0) is 27.6. The zero-order valence-corrected chi connectivity index (χ0v) is 22.7. The highest BCUT2D eigenvalue weighted by molar-refractivity contribution is 7.12. The number of fused-ring (bicyclic) bond motifs is 1. The summed E-state index contributed by atoms with van der Waals surface area (Å²) in [5.41, 5.74) is 3.36. The summed E-state index contributed by atoms with van der Waals surface area (Å²) >= 11 is 1.35. The van der Waals surface area contributed by atoms with E-state index >= 15 is 0 Å². The quantitative estimate of drug-likeness (QED) is 0.260. The number of carboxylic acids is 1. The fraction of sp³-hybridized carbons (Fsp3) is 0.200. The van der Waals surface area contributed by atoms with Crippen LogP contribution < -0.4 is 10.6 Å². The first-order chi connectivity index (χ1) is 18.0. The lowest BCUT2D eigenvalue weighted by molar-refractivity contribution is -0.132. The summed E-state index contributed by atoms with van der Waals surface area (Å²) in [6.07, 6.45) is 1.42. The third-order valence-electron chi connectivity index (χ3n) is 6.35. The van der Waals surface area contributed by atoms with Gasteiger partial charge in [0, 0.05) is 11.1 Å². The number of aliphatic carboxylic acids is 1. The van der Waals surface area contributed by atoms with Crippen LogP contribution in [0.5, 0.6) is 0 Å². The van der Waals surface area contributed by atoms with Gasteiger partial charge in [0.1, 0.15) is 5.70 Å². The summed E-state index contributed by atoms with van der Waals surface area (Å²) in [7, 11) is 0. The van der Waals surface area contributed by atoms with Crippen molar-refractivity contribution in [2.75, 3.05) is 0 Å². The van der Waals surface area contributed by atoms with Crippen LogP contribution in [0.4, 0.5) is 0 Å². The van der Waals surface area contributed by atoms with Gasteiger partial charge in [-0.15, -0.1) is 11.3 Å². The van der Waals surface area contributed by atoms with Crippen molar-refractivity contribution in [2.45, 2.75) is 40.7 Å². The van der Waals surface area contributed by atoms with Crippen molar-refractivity contribution in [3.63, 3.8) is 0 Å². The number of hydrogen-bond acceptors (Lipinski definition) is 5. The second kappa shape index (κ2) is 11.0. The fourth-order valence-corrected chi connectivity index (χ4v) is 5.46. The van der Waals surface area contributed by atoms with Gasteiger partial charge in [-0.05, 0) is 80.3 Å². The molecule has 0 bridgehead atoms. The molecule has 38 heavy (non-hydrogen) atoms. The first kappa shape index (κ1) is 26.8. The van der Waals surface area contributed by atoms with Crippen molar-refractivity contribution in [3.05, 3.63) is 104 Å². The number of hydrogen-bond donors (Lipinski definition) is 3. The maximum Gasteiger partial charge on any atom is 0.352 e. The Labute approximate surface area is 225 Å². The van der Waals surface area contributed by atoms with Crippen molar-refractivity contribution < 1.29 is 19.5 Å². The lowest BCUT2D eigenvalue weighted by Gasteiger charge is -2.18. The number of carbonyl (C=O) groups excluding carboxylic acids is 2. The Kier molecular flexibility index (Phi) is 7.73. The average Bonchev–Trinajstić information content (AvgIpc) is 3.18. The second-order valence-corrected chi connectivity index (χ2v) is 10.5. The summed E-state index contributed by atoms with van der Waals surface area (Å²) in [6.45, 7) is 9.02. The lowest BCUT2D eigenvalue weighted by Crippen LogP contribution is -2.29. The SMILES string of the molecule is Cc1nc(C)c(C=C(NC(=O)c2c(C)cc(C(=O)NC(C)c3cccc4ccccc34)cc2C)C(=O)O)s1. The van der Waals surface area contributed by atoms with E-state index in [4.69, 9.17) is 0 Å². The summed E-state index contributed by atoms with van der Waals surface area (Å²) in [5, 5.41) is 18.2.